The van der Waals surface area contributed by atoms with E-state index in [1.807, 2.05) is 6.92 Å². The van der Waals surface area contributed by atoms with Gasteiger partial charge < -0.3 is 15.5 Å². The van der Waals surface area contributed by atoms with Crippen LogP contribution in [-0.2, 0) is 0 Å². The zero-order chi connectivity index (χ0) is 9.19. The molecule has 3 heteroatoms. The van der Waals surface area contributed by atoms with Gasteiger partial charge >= 0.3 is 0 Å². The van der Waals surface area contributed by atoms with Crippen LogP contribution < -0.4 is 5.32 Å². The molecule has 0 amide bonds. The highest BCUT2D eigenvalue weighted by molar-refractivity contribution is 4.91. The third-order valence-corrected chi connectivity index (χ3v) is 2.62. The van der Waals surface area contributed by atoms with Crippen LogP contribution in [0.3, 0.4) is 0 Å². The molecule has 0 radical (unpaired) electrons. The summed E-state index contributed by atoms with van der Waals surface area (Å²) < 4.78 is 0. The Bertz CT molecular complexity index is 139. The fourth-order valence-electron chi connectivity index (χ4n) is 1.65. The molecule has 1 rings (SSSR count). The molecule has 0 heterocycles. The first-order chi connectivity index (χ1) is 5.59. The average molecular weight is 173 g/mol. The fraction of sp³-hybridized carbons (Fsp3) is 1.00. The maximum atomic E-state index is 9.00. The van der Waals surface area contributed by atoms with E-state index in [4.69, 9.17) is 10.2 Å². The van der Waals surface area contributed by atoms with Crippen LogP contribution in [0.15, 0.2) is 0 Å². The summed E-state index contributed by atoms with van der Waals surface area (Å²) in [5, 5.41) is 21.3. The molecule has 0 aromatic rings. The van der Waals surface area contributed by atoms with Crippen LogP contribution in [0.4, 0.5) is 0 Å². The molecule has 0 aromatic heterocycles. The number of rotatable bonds is 4. The predicted octanol–water partition coefficient (Wildman–Crippen LogP) is 0.118. The van der Waals surface area contributed by atoms with E-state index < -0.39 is 5.54 Å². The molecule has 1 saturated carbocycles. The quantitative estimate of drug-likeness (QED) is 0.566. The number of aliphatic hydroxyl groups is 2. The summed E-state index contributed by atoms with van der Waals surface area (Å²) in [6, 6.07) is 0.490. The van der Waals surface area contributed by atoms with Gasteiger partial charge in [-0.15, -0.1) is 0 Å². The Labute approximate surface area is 73.8 Å². The number of nitrogens with one attached hydrogen (secondary N) is 1. The fourth-order valence-corrected chi connectivity index (χ4v) is 1.65. The number of hydrogen-bond acceptors (Lipinski definition) is 3. The molecule has 0 bridgehead atoms. The van der Waals surface area contributed by atoms with Gasteiger partial charge in [-0.25, -0.2) is 0 Å². The predicted molar refractivity (Wildman–Crippen MR) is 47.9 cm³/mol. The second-order valence-corrected chi connectivity index (χ2v) is 4.29. The van der Waals surface area contributed by atoms with Gasteiger partial charge in [-0.1, -0.05) is 6.92 Å². The molecule has 12 heavy (non-hydrogen) atoms. The maximum absolute atomic E-state index is 9.00. The first-order valence-corrected chi connectivity index (χ1v) is 4.59. The molecule has 1 aliphatic carbocycles. The highest BCUT2D eigenvalue weighted by atomic mass is 16.3. The maximum Gasteiger partial charge on any atom is 0.0633 e. The van der Waals surface area contributed by atoms with Crippen LogP contribution in [0.25, 0.3) is 0 Å². The summed E-state index contributed by atoms with van der Waals surface area (Å²) in [6.45, 7) is 4.05. The normalized spacial score (nSPS) is 30.0. The van der Waals surface area contributed by atoms with Gasteiger partial charge in [0.2, 0.25) is 0 Å². The Kier molecular flexibility index (Phi) is 3.09. The minimum Gasteiger partial charge on any atom is -0.394 e. The first-order valence-electron chi connectivity index (χ1n) is 4.59. The molecule has 0 aromatic carbocycles. The van der Waals surface area contributed by atoms with Crippen LogP contribution >= 0.6 is 0 Å². The van der Waals surface area contributed by atoms with Gasteiger partial charge in [0.15, 0.2) is 0 Å². The molecule has 1 fully saturated rings. The van der Waals surface area contributed by atoms with Crippen molar-refractivity contribution < 1.29 is 10.2 Å². The van der Waals surface area contributed by atoms with Gasteiger partial charge in [-0.3, -0.25) is 0 Å². The Morgan fingerprint density at radius 1 is 1.33 bits per heavy atom. The number of aliphatic hydroxyl groups excluding tert-OH is 2. The molecule has 1 aliphatic rings. The van der Waals surface area contributed by atoms with Gasteiger partial charge in [0.1, 0.15) is 0 Å². The van der Waals surface area contributed by atoms with E-state index in [9.17, 15) is 0 Å². The van der Waals surface area contributed by atoms with Gasteiger partial charge in [-0.05, 0) is 25.7 Å². The lowest BCUT2D eigenvalue weighted by Gasteiger charge is -2.40. The molecule has 3 nitrogen and oxygen atoms in total. The van der Waals surface area contributed by atoms with Crippen LogP contribution in [0.2, 0.25) is 0 Å². The van der Waals surface area contributed by atoms with Crippen LogP contribution in [0, 0.1) is 5.92 Å². The van der Waals surface area contributed by atoms with Crippen LogP contribution in [-0.4, -0.2) is 35.0 Å². The van der Waals surface area contributed by atoms with Crippen molar-refractivity contribution in [2.45, 2.75) is 38.3 Å². The summed E-state index contributed by atoms with van der Waals surface area (Å²) in [5.74, 6) is 0.795. The van der Waals surface area contributed by atoms with Gasteiger partial charge in [0.05, 0.1) is 18.8 Å². The third-order valence-electron chi connectivity index (χ3n) is 2.62. The van der Waals surface area contributed by atoms with Crippen molar-refractivity contribution in [1.29, 1.82) is 0 Å². The lowest BCUT2D eigenvalue weighted by atomic mass is 9.80. The smallest absolute Gasteiger partial charge is 0.0633 e. The highest BCUT2D eigenvalue weighted by Gasteiger charge is 2.32. The summed E-state index contributed by atoms with van der Waals surface area (Å²) in [6.07, 6.45) is 2.32. The van der Waals surface area contributed by atoms with E-state index in [1.54, 1.807) is 0 Å². The molecule has 72 valence electrons. The molecular weight excluding hydrogens is 154 g/mol. The zero-order valence-electron chi connectivity index (χ0n) is 7.88. The van der Waals surface area contributed by atoms with E-state index in [-0.39, 0.29) is 13.2 Å². The van der Waals surface area contributed by atoms with Crippen molar-refractivity contribution in [3.63, 3.8) is 0 Å². The molecule has 0 atom stereocenters. The topological polar surface area (TPSA) is 52.5 Å². The van der Waals surface area contributed by atoms with Crippen LogP contribution in [0.5, 0.6) is 0 Å². The van der Waals surface area contributed by atoms with E-state index in [1.165, 1.54) is 0 Å². The lowest BCUT2D eigenvalue weighted by molar-refractivity contribution is 0.0717. The van der Waals surface area contributed by atoms with Crippen molar-refractivity contribution in [2.75, 3.05) is 13.2 Å². The molecular formula is C9H19NO2. The average Bonchev–Trinajstić information content (AvgIpc) is 2.02. The van der Waals surface area contributed by atoms with Crippen molar-refractivity contribution in [2.24, 2.45) is 5.92 Å². The van der Waals surface area contributed by atoms with Crippen molar-refractivity contribution in [1.82, 2.24) is 5.32 Å². The van der Waals surface area contributed by atoms with Crippen molar-refractivity contribution in [3.05, 3.63) is 0 Å². The molecule has 0 aliphatic heterocycles. The molecule has 3 N–H and O–H groups in total. The van der Waals surface area contributed by atoms with Gasteiger partial charge in [-0.2, -0.15) is 0 Å². The Balaban J connectivity index is 2.28. The zero-order valence-corrected chi connectivity index (χ0v) is 7.88. The van der Waals surface area contributed by atoms with E-state index >= 15 is 0 Å². The van der Waals surface area contributed by atoms with Crippen molar-refractivity contribution >= 4 is 0 Å². The van der Waals surface area contributed by atoms with Crippen LogP contribution in [0.1, 0.15) is 26.7 Å². The minimum atomic E-state index is -0.495. The lowest BCUT2D eigenvalue weighted by Crippen LogP contribution is -2.56. The Morgan fingerprint density at radius 3 is 2.17 bits per heavy atom. The van der Waals surface area contributed by atoms with E-state index in [2.05, 4.69) is 12.2 Å². The largest absolute Gasteiger partial charge is 0.394 e. The SMILES string of the molecule is CC1CC(NC(C)(CO)CO)C1. The Morgan fingerprint density at radius 2 is 1.83 bits per heavy atom. The summed E-state index contributed by atoms with van der Waals surface area (Å²) in [5.41, 5.74) is -0.495. The van der Waals surface area contributed by atoms with E-state index in [0.29, 0.717) is 6.04 Å². The number of hydrogen-bond donors (Lipinski definition) is 3. The summed E-state index contributed by atoms with van der Waals surface area (Å²) >= 11 is 0. The molecule has 0 unspecified atom stereocenters. The monoisotopic (exact) mass is 173 g/mol. The first kappa shape index (κ1) is 9.96. The van der Waals surface area contributed by atoms with Crippen molar-refractivity contribution in [3.8, 4) is 0 Å². The molecule has 0 spiro atoms. The standard InChI is InChI=1S/C9H19NO2/c1-7-3-8(4-7)10-9(2,5-11)6-12/h7-8,10-12H,3-6H2,1-2H3. The second-order valence-electron chi connectivity index (χ2n) is 4.29. The third kappa shape index (κ3) is 2.19. The summed E-state index contributed by atoms with van der Waals surface area (Å²) in [4.78, 5) is 0. The molecule has 0 saturated heterocycles. The minimum absolute atomic E-state index is 0.00557. The second kappa shape index (κ2) is 3.73. The van der Waals surface area contributed by atoms with E-state index in [0.717, 1.165) is 18.8 Å². The highest BCUT2D eigenvalue weighted by Crippen LogP contribution is 2.27. The summed E-state index contributed by atoms with van der Waals surface area (Å²) in [7, 11) is 0. The van der Waals surface area contributed by atoms with Gasteiger partial charge in [0, 0.05) is 6.04 Å². The van der Waals surface area contributed by atoms with Gasteiger partial charge in [0.25, 0.3) is 0 Å². The Hall–Kier alpha value is -0.120.